The van der Waals surface area contributed by atoms with Gasteiger partial charge in [-0.2, -0.15) is 13.2 Å². The summed E-state index contributed by atoms with van der Waals surface area (Å²) in [6.07, 6.45) is -3.47. The fourth-order valence-electron chi connectivity index (χ4n) is 3.59. The Labute approximate surface area is 147 Å². The first kappa shape index (κ1) is 18.0. The van der Waals surface area contributed by atoms with Gasteiger partial charge in [-0.15, -0.1) is 11.3 Å². The summed E-state index contributed by atoms with van der Waals surface area (Å²) in [5.74, 6) is 0.562. The predicted octanol–water partition coefficient (Wildman–Crippen LogP) is 4.32. The van der Waals surface area contributed by atoms with Gasteiger partial charge in [0.15, 0.2) is 0 Å². The zero-order chi connectivity index (χ0) is 18.5. The Morgan fingerprint density at radius 2 is 1.92 bits per heavy atom. The van der Waals surface area contributed by atoms with Gasteiger partial charge in [0.1, 0.15) is 15.4 Å². The van der Waals surface area contributed by atoms with Gasteiger partial charge in [0, 0.05) is 18.5 Å². The number of anilines is 1. The van der Waals surface area contributed by atoms with E-state index in [1.54, 1.807) is 11.8 Å². The number of carbonyl (C=O) groups is 1. The molecule has 1 aliphatic rings. The number of amides is 1. The number of nitrogens with zero attached hydrogens (tertiary/aromatic N) is 2. The van der Waals surface area contributed by atoms with E-state index < -0.39 is 11.9 Å². The van der Waals surface area contributed by atoms with E-state index in [9.17, 15) is 18.0 Å². The van der Waals surface area contributed by atoms with Crippen LogP contribution >= 0.6 is 11.3 Å². The minimum Gasteiger partial charge on any atom is -0.397 e. The Kier molecular flexibility index (Phi) is 4.43. The molecule has 0 spiro atoms. The van der Waals surface area contributed by atoms with Crippen molar-refractivity contribution in [1.82, 2.24) is 9.88 Å². The highest BCUT2D eigenvalue weighted by molar-refractivity contribution is 7.21. The van der Waals surface area contributed by atoms with Gasteiger partial charge in [-0.1, -0.05) is 13.8 Å². The van der Waals surface area contributed by atoms with Crippen molar-refractivity contribution in [2.75, 3.05) is 18.8 Å². The largest absolute Gasteiger partial charge is 0.433 e. The van der Waals surface area contributed by atoms with Crippen LogP contribution < -0.4 is 5.73 Å². The van der Waals surface area contributed by atoms with Gasteiger partial charge in [-0.3, -0.25) is 4.79 Å². The lowest BCUT2D eigenvalue weighted by molar-refractivity contribution is -0.141. The maximum Gasteiger partial charge on any atom is 0.433 e. The summed E-state index contributed by atoms with van der Waals surface area (Å²) in [6.45, 7) is 7.01. The van der Waals surface area contributed by atoms with E-state index in [1.165, 1.54) is 0 Å². The highest BCUT2D eigenvalue weighted by Gasteiger charge is 2.35. The summed E-state index contributed by atoms with van der Waals surface area (Å²) in [6, 6.07) is 0.977. The predicted molar refractivity (Wildman–Crippen MR) is 92.6 cm³/mol. The van der Waals surface area contributed by atoms with Crippen LogP contribution in [0.4, 0.5) is 18.9 Å². The first-order valence-corrected chi connectivity index (χ1v) is 8.95. The number of nitrogen functional groups attached to an aromatic ring is 1. The van der Waals surface area contributed by atoms with Crippen molar-refractivity contribution in [2.45, 2.75) is 33.4 Å². The summed E-state index contributed by atoms with van der Waals surface area (Å²) in [7, 11) is 0. The van der Waals surface area contributed by atoms with E-state index in [0.717, 1.165) is 23.8 Å². The van der Waals surface area contributed by atoms with E-state index in [0.29, 0.717) is 35.9 Å². The molecule has 0 saturated carbocycles. The quantitative estimate of drug-likeness (QED) is 0.812. The number of hydrogen-bond donors (Lipinski definition) is 1. The molecule has 2 atom stereocenters. The lowest BCUT2D eigenvalue weighted by atomic mass is 9.92. The number of likely N-dealkylation sites (tertiary alicyclic amines) is 1. The summed E-state index contributed by atoms with van der Waals surface area (Å²) < 4.78 is 38.9. The normalized spacial score (nSPS) is 21.8. The molecule has 2 aromatic heterocycles. The van der Waals surface area contributed by atoms with Gasteiger partial charge < -0.3 is 10.6 Å². The average Bonchev–Trinajstić information content (AvgIpc) is 2.82. The Hall–Kier alpha value is -1.83. The van der Waals surface area contributed by atoms with Gasteiger partial charge in [0.2, 0.25) is 0 Å². The molecule has 0 radical (unpaired) electrons. The summed E-state index contributed by atoms with van der Waals surface area (Å²) in [5, 5.41) is 0.444. The minimum absolute atomic E-state index is 0.159. The Bertz CT molecular complexity index is 821. The highest BCUT2D eigenvalue weighted by Crippen LogP contribution is 2.39. The van der Waals surface area contributed by atoms with E-state index >= 15 is 0 Å². The zero-order valence-electron chi connectivity index (χ0n) is 14.3. The highest BCUT2D eigenvalue weighted by atomic mass is 32.1. The lowest BCUT2D eigenvalue weighted by Gasteiger charge is -2.34. The number of fused-ring (bicyclic) bond motifs is 1. The first-order valence-electron chi connectivity index (χ1n) is 8.14. The number of aromatic nitrogens is 1. The molecular formula is C17H20F3N3OS. The third-order valence-electron chi connectivity index (χ3n) is 4.54. The van der Waals surface area contributed by atoms with Crippen molar-refractivity contribution in [3.8, 4) is 0 Å². The number of halogens is 3. The molecule has 1 fully saturated rings. The number of carbonyl (C=O) groups excluding carboxylic acids is 1. The van der Waals surface area contributed by atoms with E-state index in [-0.39, 0.29) is 21.3 Å². The topological polar surface area (TPSA) is 59.2 Å². The van der Waals surface area contributed by atoms with Crippen LogP contribution in [-0.2, 0) is 6.18 Å². The number of nitrogens with two attached hydrogens (primary N) is 1. The molecule has 136 valence electrons. The molecule has 25 heavy (non-hydrogen) atoms. The lowest BCUT2D eigenvalue weighted by Crippen LogP contribution is -2.42. The van der Waals surface area contributed by atoms with Crippen LogP contribution in [-0.4, -0.2) is 28.9 Å². The molecule has 4 nitrogen and oxygen atoms in total. The fraction of sp³-hybridized carbons (Fsp3) is 0.529. The summed E-state index contributed by atoms with van der Waals surface area (Å²) in [5.41, 5.74) is 5.77. The monoisotopic (exact) mass is 371 g/mol. The number of rotatable bonds is 1. The first-order chi connectivity index (χ1) is 11.6. The van der Waals surface area contributed by atoms with Crippen LogP contribution in [0.1, 0.15) is 41.2 Å². The second-order valence-corrected chi connectivity index (χ2v) is 8.00. The van der Waals surface area contributed by atoms with Crippen LogP contribution in [0.3, 0.4) is 0 Å². The number of thiophene rings is 1. The molecule has 1 saturated heterocycles. The van der Waals surface area contributed by atoms with Crippen molar-refractivity contribution in [1.29, 1.82) is 0 Å². The van der Waals surface area contributed by atoms with E-state index in [2.05, 4.69) is 18.8 Å². The molecule has 8 heteroatoms. The van der Waals surface area contributed by atoms with Gasteiger partial charge in [0.05, 0.1) is 5.69 Å². The standard InChI is InChI=1S/C17H20F3N3OS/c1-8-4-9(2)7-23(6-8)16(24)14-13(21)12-10(3)5-11(17(18,19)20)22-15(12)25-14/h5,8-9H,4,6-7,21H2,1-3H3/t8-,9+. The molecule has 3 heterocycles. The molecule has 0 unspecified atom stereocenters. The summed E-state index contributed by atoms with van der Waals surface area (Å²) >= 11 is 0.945. The van der Waals surface area contributed by atoms with Crippen LogP contribution in [0.5, 0.6) is 0 Å². The molecule has 0 aliphatic carbocycles. The SMILES string of the molecule is Cc1cc(C(F)(F)F)nc2sc(C(=O)N3C[C@H](C)C[C@H](C)C3)c(N)c12. The Morgan fingerprint density at radius 1 is 1.32 bits per heavy atom. The third kappa shape index (κ3) is 3.31. The second kappa shape index (κ2) is 6.16. The molecule has 3 rings (SSSR count). The number of piperidine rings is 1. The molecule has 2 aromatic rings. The van der Waals surface area contributed by atoms with Crippen molar-refractivity contribution >= 4 is 33.1 Å². The molecule has 0 aromatic carbocycles. The zero-order valence-corrected chi connectivity index (χ0v) is 15.1. The molecule has 2 N–H and O–H groups in total. The van der Waals surface area contributed by atoms with Crippen LogP contribution in [0, 0.1) is 18.8 Å². The van der Waals surface area contributed by atoms with Crippen molar-refractivity contribution in [3.05, 3.63) is 22.2 Å². The number of aryl methyl sites for hydroxylation is 1. The van der Waals surface area contributed by atoms with Crippen molar-refractivity contribution < 1.29 is 18.0 Å². The van der Waals surface area contributed by atoms with Gasteiger partial charge in [-0.05, 0) is 36.8 Å². The van der Waals surface area contributed by atoms with E-state index in [1.807, 2.05) is 0 Å². The Morgan fingerprint density at radius 3 is 2.48 bits per heavy atom. The van der Waals surface area contributed by atoms with Crippen LogP contribution in [0.25, 0.3) is 10.2 Å². The van der Waals surface area contributed by atoms with Gasteiger partial charge in [-0.25, -0.2) is 4.98 Å². The minimum atomic E-state index is -4.53. The maximum absolute atomic E-state index is 13.0. The van der Waals surface area contributed by atoms with Crippen LogP contribution in [0.2, 0.25) is 0 Å². The molecule has 0 bridgehead atoms. The summed E-state index contributed by atoms with van der Waals surface area (Å²) in [4.78, 5) is 18.8. The number of alkyl halides is 3. The molecule has 1 aliphatic heterocycles. The van der Waals surface area contributed by atoms with Crippen molar-refractivity contribution in [2.24, 2.45) is 11.8 Å². The maximum atomic E-state index is 13.0. The third-order valence-corrected chi connectivity index (χ3v) is 5.62. The van der Waals surface area contributed by atoms with Crippen LogP contribution in [0.15, 0.2) is 6.07 Å². The number of hydrogen-bond acceptors (Lipinski definition) is 4. The Balaban J connectivity index is 2.04. The molecule has 1 amide bonds. The number of pyridine rings is 1. The second-order valence-electron chi connectivity index (χ2n) is 7.00. The average molecular weight is 371 g/mol. The van der Waals surface area contributed by atoms with Crippen molar-refractivity contribution in [3.63, 3.8) is 0 Å². The van der Waals surface area contributed by atoms with E-state index in [4.69, 9.17) is 5.73 Å². The van der Waals surface area contributed by atoms with Gasteiger partial charge >= 0.3 is 6.18 Å². The fourth-order valence-corrected chi connectivity index (χ4v) is 4.73. The smallest absolute Gasteiger partial charge is 0.397 e. The van der Waals surface area contributed by atoms with Gasteiger partial charge in [0.25, 0.3) is 5.91 Å². The molecular weight excluding hydrogens is 351 g/mol.